The van der Waals surface area contributed by atoms with E-state index in [2.05, 4.69) is 44.3 Å². The van der Waals surface area contributed by atoms with E-state index in [-0.39, 0.29) is 0 Å². The first kappa shape index (κ1) is 13.6. The Morgan fingerprint density at radius 2 is 2.22 bits per heavy atom. The quantitative estimate of drug-likeness (QED) is 0.805. The molecule has 0 radical (unpaired) electrons. The fourth-order valence-corrected chi connectivity index (χ4v) is 2.79. The average molecular weight is 249 g/mol. The second kappa shape index (κ2) is 5.43. The van der Waals surface area contributed by atoms with Crippen molar-refractivity contribution in [2.45, 2.75) is 58.9 Å². The molecule has 1 aromatic heterocycles. The Morgan fingerprint density at radius 3 is 2.72 bits per heavy atom. The fourth-order valence-electron chi connectivity index (χ4n) is 2.79. The molecule has 2 rings (SSSR count). The Hall–Kier alpha value is -0.830. The van der Waals surface area contributed by atoms with E-state index in [1.54, 1.807) is 0 Å². The van der Waals surface area contributed by atoms with Gasteiger partial charge in [-0.2, -0.15) is 5.10 Å². The summed E-state index contributed by atoms with van der Waals surface area (Å²) in [6.45, 7) is 7.90. The lowest BCUT2D eigenvalue weighted by Crippen LogP contribution is -2.35. The molecule has 0 saturated heterocycles. The van der Waals surface area contributed by atoms with Crippen LogP contribution in [-0.2, 0) is 13.5 Å². The van der Waals surface area contributed by atoms with Crippen molar-refractivity contribution in [1.29, 1.82) is 0 Å². The summed E-state index contributed by atoms with van der Waals surface area (Å²) in [6.07, 6.45) is 6.38. The largest absolute Gasteiger partial charge is 0.313 e. The van der Waals surface area contributed by atoms with E-state index in [0.29, 0.717) is 5.41 Å². The first-order valence-corrected chi connectivity index (χ1v) is 7.25. The molecule has 1 fully saturated rings. The van der Waals surface area contributed by atoms with Gasteiger partial charge in [0.15, 0.2) is 0 Å². The molecule has 0 aliphatic heterocycles. The van der Waals surface area contributed by atoms with E-state index < -0.39 is 0 Å². The van der Waals surface area contributed by atoms with Crippen LogP contribution in [0.3, 0.4) is 0 Å². The van der Waals surface area contributed by atoms with Gasteiger partial charge in [0.1, 0.15) is 0 Å². The van der Waals surface area contributed by atoms with Gasteiger partial charge in [-0.25, -0.2) is 0 Å². The summed E-state index contributed by atoms with van der Waals surface area (Å²) in [4.78, 5) is 0. The SMILES string of the molecule is CCCC(C)(CNC1CC1)Cc1cc(C)nn1C. The van der Waals surface area contributed by atoms with Crippen molar-refractivity contribution >= 4 is 0 Å². The van der Waals surface area contributed by atoms with Crippen LogP contribution in [0.5, 0.6) is 0 Å². The number of hydrogen-bond acceptors (Lipinski definition) is 2. The first-order chi connectivity index (χ1) is 8.52. The van der Waals surface area contributed by atoms with Gasteiger partial charge in [-0.05, 0) is 44.1 Å². The molecule has 1 heterocycles. The zero-order chi connectivity index (χ0) is 13.2. The second-order valence-corrected chi connectivity index (χ2v) is 6.29. The Morgan fingerprint density at radius 1 is 1.50 bits per heavy atom. The molecule has 1 aliphatic carbocycles. The summed E-state index contributed by atoms with van der Waals surface area (Å²) in [6, 6.07) is 3.03. The molecule has 0 spiro atoms. The smallest absolute Gasteiger partial charge is 0.0596 e. The Balaban J connectivity index is 2.00. The minimum atomic E-state index is 0.359. The summed E-state index contributed by atoms with van der Waals surface area (Å²) < 4.78 is 2.04. The Bertz CT molecular complexity index is 392. The van der Waals surface area contributed by atoms with Crippen LogP contribution >= 0.6 is 0 Å². The van der Waals surface area contributed by atoms with E-state index in [0.717, 1.165) is 24.7 Å². The minimum Gasteiger partial charge on any atom is -0.313 e. The second-order valence-electron chi connectivity index (χ2n) is 6.29. The molecule has 1 N–H and O–H groups in total. The van der Waals surface area contributed by atoms with Gasteiger partial charge in [0.2, 0.25) is 0 Å². The molecule has 0 amide bonds. The van der Waals surface area contributed by atoms with E-state index in [1.165, 1.54) is 31.4 Å². The Labute approximate surface area is 111 Å². The molecule has 3 nitrogen and oxygen atoms in total. The van der Waals surface area contributed by atoms with E-state index >= 15 is 0 Å². The third-order valence-electron chi connectivity index (χ3n) is 3.96. The number of nitrogens with one attached hydrogen (secondary N) is 1. The van der Waals surface area contributed by atoms with E-state index in [1.807, 2.05) is 4.68 Å². The van der Waals surface area contributed by atoms with Crippen molar-refractivity contribution in [3.8, 4) is 0 Å². The molecule has 1 saturated carbocycles. The number of aryl methyl sites for hydroxylation is 2. The zero-order valence-electron chi connectivity index (χ0n) is 12.3. The van der Waals surface area contributed by atoms with Gasteiger partial charge in [-0.3, -0.25) is 4.68 Å². The molecule has 3 heteroatoms. The van der Waals surface area contributed by atoms with Gasteiger partial charge >= 0.3 is 0 Å². The highest BCUT2D eigenvalue weighted by molar-refractivity contribution is 5.11. The third-order valence-corrected chi connectivity index (χ3v) is 3.96. The minimum absolute atomic E-state index is 0.359. The lowest BCUT2D eigenvalue weighted by atomic mass is 9.81. The summed E-state index contributed by atoms with van der Waals surface area (Å²) in [5.41, 5.74) is 2.85. The van der Waals surface area contributed by atoms with Crippen molar-refractivity contribution in [2.24, 2.45) is 12.5 Å². The van der Waals surface area contributed by atoms with Gasteiger partial charge in [-0.15, -0.1) is 0 Å². The van der Waals surface area contributed by atoms with Crippen LogP contribution in [0.15, 0.2) is 6.07 Å². The molecule has 102 valence electrons. The fraction of sp³-hybridized carbons (Fsp3) is 0.800. The van der Waals surface area contributed by atoms with Crippen molar-refractivity contribution in [1.82, 2.24) is 15.1 Å². The molecule has 0 bridgehead atoms. The van der Waals surface area contributed by atoms with Crippen molar-refractivity contribution < 1.29 is 0 Å². The molecule has 0 aromatic carbocycles. The summed E-state index contributed by atoms with van der Waals surface area (Å²) >= 11 is 0. The van der Waals surface area contributed by atoms with Crippen molar-refractivity contribution in [3.63, 3.8) is 0 Å². The highest BCUT2D eigenvalue weighted by Gasteiger charge is 2.29. The molecule has 1 unspecified atom stereocenters. The van der Waals surface area contributed by atoms with Crippen LogP contribution in [0.25, 0.3) is 0 Å². The molecule has 1 aliphatic rings. The van der Waals surface area contributed by atoms with Crippen LogP contribution in [0.1, 0.15) is 50.9 Å². The van der Waals surface area contributed by atoms with Gasteiger partial charge in [0, 0.05) is 25.3 Å². The normalized spacial score (nSPS) is 18.9. The maximum Gasteiger partial charge on any atom is 0.0596 e. The zero-order valence-corrected chi connectivity index (χ0v) is 12.3. The van der Waals surface area contributed by atoms with Crippen LogP contribution in [0, 0.1) is 12.3 Å². The lowest BCUT2D eigenvalue weighted by molar-refractivity contribution is 0.268. The number of aromatic nitrogens is 2. The summed E-state index contributed by atoms with van der Waals surface area (Å²) in [5, 5.41) is 8.16. The van der Waals surface area contributed by atoms with Gasteiger partial charge < -0.3 is 5.32 Å². The Kier molecular flexibility index (Phi) is 4.10. The summed E-state index contributed by atoms with van der Waals surface area (Å²) in [5.74, 6) is 0. The third kappa shape index (κ3) is 3.58. The maximum atomic E-state index is 4.46. The first-order valence-electron chi connectivity index (χ1n) is 7.25. The topological polar surface area (TPSA) is 29.9 Å². The van der Waals surface area contributed by atoms with Crippen molar-refractivity contribution in [3.05, 3.63) is 17.5 Å². The van der Waals surface area contributed by atoms with E-state index in [9.17, 15) is 0 Å². The van der Waals surface area contributed by atoms with Crippen LogP contribution in [-0.4, -0.2) is 22.4 Å². The predicted octanol–water partition coefficient (Wildman–Crippen LogP) is 2.83. The van der Waals surface area contributed by atoms with Crippen molar-refractivity contribution in [2.75, 3.05) is 6.54 Å². The maximum absolute atomic E-state index is 4.46. The number of hydrogen-bond donors (Lipinski definition) is 1. The van der Waals surface area contributed by atoms with Gasteiger partial charge in [0.25, 0.3) is 0 Å². The average Bonchev–Trinajstić information content (AvgIpc) is 3.05. The number of rotatable bonds is 7. The molecule has 1 aromatic rings. The van der Waals surface area contributed by atoms with Crippen LogP contribution < -0.4 is 5.32 Å². The predicted molar refractivity (Wildman–Crippen MR) is 75.7 cm³/mol. The van der Waals surface area contributed by atoms with Crippen LogP contribution in [0.2, 0.25) is 0 Å². The van der Waals surface area contributed by atoms with Crippen LogP contribution in [0.4, 0.5) is 0 Å². The highest BCUT2D eigenvalue weighted by Crippen LogP contribution is 2.29. The van der Waals surface area contributed by atoms with Gasteiger partial charge in [0.05, 0.1) is 5.69 Å². The highest BCUT2D eigenvalue weighted by atomic mass is 15.3. The van der Waals surface area contributed by atoms with Gasteiger partial charge in [-0.1, -0.05) is 20.3 Å². The molecule has 1 atom stereocenters. The number of nitrogens with zero attached hydrogens (tertiary/aromatic N) is 2. The molecular weight excluding hydrogens is 222 g/mol. The monoisotopic (exact) mass is 249 g/mol. The molecular formula is C15H27N3. The standard InChI is InChI=1S/C15H27N3/c1-5-8-15(3,11-16-13-6-7-13)10-14-9-12(2)17-18(14)4/h9,13,16H,5-8,10-11H2,1-4H3. The lowest BCUT2D eigenvalue weighted by Gasteiger charge is -2.30. The van der Waals surface area contributed by atoms with E-state index in [4.69, 9.17) is 0 Å². The molecule has 18 heavy (non-hydrogen) atoms. The summed E-state index contributed by atoms with van der Waals surface area (Å²) in [7, 11) is 2.06.